The van der Waals surface area contributed by atoms with Crippen LogP contribution in [0, 0.1) is 0 Å². The smallest absolute Gasteiger partial charge is 0.330 e. The molecule has 0 aliphatic carbocycles. The lowest BCUT2D eigenvalue weighted by atomic mass is 10.2. The van der Waals surface area contributed by atoms with Crippen molar-refractivity contribution in [1.29, 1.82) is 0 Å². The van der Waals surface area contributed by atoms with E-state index in [2.05, 4.69) is 30.6 Å². The average molecular weight is 407 g/mol. The van der Waals surface area contributed by atoms with Crippen LogP contribution in [0.2, 0.25) is 0 Å². The first-order valence-electron chi connectivity index (χ1n) is 7.33. The van der Waals surface area contributed by atoms with Crippen molar-refractivity contribution < 1.29 is 19.1 Å². The molecule has 2 rings (SSSR count). The number of hydrogen-bond acceptors (Lipinski definition) is 6. The number of halogens is 1. The summed E-state index contributed by atoms with van der Waals surface area (Å²) in [5.41, 5.74) is 1.56. The Morgan fingerprint density at radius 1 is 1.00 bits per heavy atom. The molecule has 0 amide bonds. The van der Waals surface area contributed by atoms with Crippen LogP contribution in [-0.4, -0.2) is 35.6 Å². The molecule has 2 aromatic rings. The summed E-state index contributed by atoms with van der Waals surface area (Å²) in [4.78, 5) is 38.6. The van der Waals surface area contributed by atoms with Gasteiger partial charge in [0.2, 0.25) is 0 Å². The minimum Gasteiger partial charge on any atom is -0.466 e. The Labute approximate surface area is 155 Å². The predicted octanol–water partition coefficient (Wildman–Crippen LogP) is 3.76. The van der Waals surface area contributed by atoms with Gasteiger partial charge in [-0.2, -0.15) is 0 Å². The van der Waals surface area contributed by atoms with Crippen molar-refractivity contribution in [2.24, 2.45) is 0 Å². The minimum atomic E-state index is -0.426. The van der Waals surface area contributed by atoms with E-state index in [4.69, 9.17) is 0 Å². The molecule has 0 aliphatic heterocycles. The maximum atomic E-state index is 10.7. The minimum absolute atomic E-state index is 0.361. The molecular weight excluding hydrogens is 388 g/mol. The Hall–Kier alpha value is -2.67. The number of carbonyl (C=O) groups excluding carboxylic acids is 3. The molecule has 0 bridgehead atoms. The van der Waals surface area contributed by atoms with Crippen molar-refractivity contribution in [3.8, 4) is 0 Å². The van der Waals surface area contributed by atoms with Gasteiger partial charge in [0.15, 0.2) is 12.6 Å². The molecule has 0 fully saturated rings. The fourth-order valence-electron chi connectivity index (χ4n) is 1.27. The van der Waals surface area contributed by atoms with Crippen LogP contribution in [0.5, 0.6) is 0 Å². The molecule has 132 valence electrons. The van der Waals surface area contributed by atoms with Crippen molar-refractivity contribution in [2.75, 3.05) is 7.11 Å². The number of pyridine rings is 2. The van der Waals surface area contributed by atoms with Crippen LogP contribution in [-0.2, 0) is 9.53 Å². The summed E-state index contributed by atoms with van der Waals surface area (Å²) in [6, 6.07) is 6.69. The van der Waals surface area contributed by atoms with Crippen LogP contribution in [0.4, 0.5) is 0 Å². The number of aldehydes is 2. The lowest BCUT2D eigenvalue weighted by Gasteiger charge is -1.93. The zero-order valence-electron chi connectivity index (χ0n) is 14.2. The molecule has 0 aliphatic rings. The first-order chi connectivity index (χ1) is 12.1. The van der Waals surface area contributed by atoms with Gasteiger partial charge in [-0.3, -0.25) is 19.6 Å². The Morgan fingerprint density at radius 3 is 1.96 bits per heavy atom. The number of nitrogens with zero attached hydrogens (tertiary/aromatic N) is 2. The van der Waals surface area contributed by atoms with Crippen molar-refractivity contribution in [1.82, 2.24) is 9.97 Å². The summed E-state index contributed by atoms with van der Waals surface area (Å²) in [6.45, 7) is 4.00. The standard InChI is InChI=1S/C10H9NO3.C6H4BrNO.C2H6/c1-14-10(13)5-3-8-2-4-9(7-12)11-6-8;7-5-1-2-6(4-9)8-3-5;1-2/h2-7H,1H3;1-4H;1-2H3/b5-3+;;. The molecule has 0 saturated heterocycles. The highest BCUT2D eigenvalue weighted by Gasteiger charge is 1.93. The number of aromatic nitrogens is 2. The molecule has 2 aromatic heterocycles. The molecule has 0 radical (unpaired) electrons. The van der Waals surface area contributed by atoms with E-state index in [1.807, 2.05) is 13.8 Å². The lowest BCUT2D eigenvalue weighted by Crippen LogP contribution is -1.93. The molecule has 0 saturated carbocycles. The fraction of sp³-hybridized carbons (Fsp3) is 0.167. The first kappa shape index (κ1) is 22.3. The lowest BCUT2D eigenvalue weighted by molar-refractivity contribution is -0.134. The van der Waals surface area contributed by atoms with E-state index in [-0.39, 0.29) is 0 Å². The Bertz CT molecular complexity index is 683. The fourth-order valence-corrected chi connectivity index (χ4v) is 1.51. The first-order valence-corrected chi connectivity index (χ1v) is 8.12. The molecule has 0 atom stereocenters. The summed E-state index contributed by atoms with van der Waals surface area (Å²) in [6.07, 6.45) is 7.32. The highest BCUT2D eigenvalue weighted by molar-refractivity contribution is 9.10. The third-order valence-electron chi connectivity index (χ3n) is 2.41. The van der Waals surface area contributed by atoms with Gasteiger partial charge in [-0.15, -0.1) is 0 Å². The Balaban J connectivity index is 0.000000451. The molecule has 0 spiro atoms. The second kappa shape index (κ2) is 13.7. The number of carbonyl (C=O) groups is 3. The van der Waals surface area contributed by atoms with E-state index in [0.717, 1.165) is 10.0 Å². The second-order valence-corrected chi connectivity index (χ2v) is 4.93. The van der Waals surface area contributed by atoms with Gasteiger partial charge in [0.25, 0.3) is 0 Å². The second-order valence-electron chi connectivity index (χ2n) is 4.01. The largest absolute Gasteiger partial charge is 0.466 e. The third kappa shape index (κ3) is 9.93. The molecule has 0 unspecified atom stereocenters. The zero-order valence-corrected chi connectivity index (χ0v) is 15.8. The van der Waals surface area contributed by atoms with E-state index in [9.17, 15) is 14.4 Å². The van der Waals surface area contributed by atoms with E-state index in [1.54, 1.807) is 36.5 Å². The molecule has 25 heavy (non-hydrogen) atoms. The average Bonchev–Trinajstić information content (AvgIpc) is 2.69. The van der Waals surface area contributed by atoms with Gasteiger partial charge >= 0.3 is 5.97 Å². The summed E-state index contributed by atoms with van der Waals surface area (Å²) >= 11 is 3.20. The summed E-state index contributed by atoms with van der Waals surface area (Å²) in [5.74, 6) is -0.426. The van der Waals surface area contributed by atoms with Crippen molar-refractivity contribution in [3.63, 3.8) is 0 Å². The number of methoxy groups -OCH3 is 1. The van der Waals surface area contributed by atoms with Crippen LogP contribution in [0.3, 0.4) is 0 Å². The van der Waals surface area contributed by atoms with E-state index >= 15 is 0 Å². The summed E-state index contributed by atoms with van der Waals surface area (Å²) in [7, 11) is 1.31. The molecule has 2 heterocycles. The zero-order chi connectivity index (χ0) is 19.1. The van der Waals surface area contributed by atoms with E-state index < -0.39 is 5.97 Å². The van der Waals surface area contributed by atoms with Crippen LogP contribution in [0.15, 0.2) is 47.2 Å². The predicted molar refractivity (Wildman–Crippen MR) is 99.3 cm³/mol. The van der Waals surface area contributed by atoms with Gasteiger partial charge < -0.3 is 4.74 Å². The normalized spacial score (nSPS) is 9.12. The van der Waals surface area contributed by atoms with Gasteiger partial charge in [0.05, 0.1) is 7.11 Å². The SMILES string of the molecule is CC.COC(=O)/C=C/c1ccc(C=O)nc1.O=Cc1ccc(Br)cn1. The number of esters is 1. The maximum absolute atomic E-state index is 10.7. The molecular formula is C18H19BrN2O4. The Kier molecular flexibility index (Phi) is 12.3. The summed E-state index contributed by atoms with van der Waals surface area (Å²) in [5, 5.41) is 0. The maximum Gasteiger partial charge on any atom is 0.330 e. The van der Waals surface area contributed by atoms with Crippen LogP contribution >= 0.6 is 15.9 Å². The summed E-state index contributed by atoms with van der Waals surface area (Å²) < 4.78 is 5.30. The monoisotopic (exact) mass is 406 g/mol. The van der Waals surface area contributed by atoms with Crippen molar-refractivity contribution in [3.05, 3.63) is 64.2 Å². The van der Waals surface area contributed by atoms with Crippen molar-refractivity contribution >= 4 is 40.5 Å². The highest BCUT2D eigenvalue weighted by atomic mass is 79.9. The van der Waals surface area contributed by atoms with E-state index in [1.165, 1.54) is 19.4 Å². The third-order valence-corrected chi connectivity index (χ3v) is 2.88. The van der Waals surface area contributed by atoms with Gasteiger partial charge in [-0.05, 0) is 45.8 Å². The van der Waals surface area contributed by atoms with Crippen molar-refractivity contribution in [2.45, 2.75) is 13.8 Å². The molecule has 7 heteroatoms. The quantitative estimate of drug-likeness (QED) is 0.436. The van der Waals surface area contributed by atoms with Gasteiger partial charge in [0.1, 0.15) is 11.4 Å². The highest BCUT2D eigenvalue weighted by Crippen LogP contribution is 2.05. The van der Waals surface area contributed by atoms with Gasteiger partial charge in [-0.25, -0.2) is 4.79 Å². The van der Waals surface area contributed by atoms with Crippen LogP contribution < -0.4 is 0 Å². The molecule has 6 nitrogen and oxygen atoms in total. The number of rotatable bonds is 4. The number of hydrogen-bond donors (Lipinski definition) is 0. The topological polar surface area (TPSA) is 86.2 Å². The van der Waals surface area contributed by atoms with Gasteiger partial charge in [-0.1, -0.05) is 19.9 Å². The molecule has 0 aromatic carbocycles. The Morgan fingerprint density at radius 2 is 1.56 bits per heavy atom. The number of ether oxygens (including phenoxy) is 1. The van der Waals surface area contributed by atoms with Crippen LogP contribution in [0.1, 0.15) is 40.4 Å². The van der Waals surface area contributed by atoms with Crippen LogP contribution in [0.25, 0.3) is 6.08 Å². The molecule has 0 N–H and O–H groups in total. The van der Waals surface area contributed by atoms with E-state index in [0.29, 0.717) is 24.0 Å². The van der Waals surface area contributed by atoms with Gasteiger partial charge in [0, 0.05) is 22.9 Å².